The number of benzene rings is 1. The Bertz CT molecular complexity index is 308. The van der Waals surface area contributed by atoms with Crippen LogP contribution in [0.15, 0.2) is 12.1 Å². The SMILES string of the molecule is COc1cc(C=O)cc(C)c1Cl. The van der Waals surface area contributed by atoms with Crippen molar-refractivity contribution in [3.05, 3.63) is 28.3 Å². The molecule has 0 atom stereocenters. The van der Waals surface area contributed by atoms with Crippen molar-refractivity contribution in [1.82, 2.24) is 0 Å². The van der Waals surface area contributed by atoms with E-state index in [-0.39, 0.29) is 0 Å². The minimum atomic E-state index is 0.541. The summed E-state index contributed by atoms with van der Waals surface area (Å²) in [7, 11) is 1.52. The molecule has 3 heteroatoms. The van der Waals surface area contributed by atoms with Gasteiger partial charge >= 0.3 is 0 Å². The Morgan fingerprint density at radius 2 is 2.17 bits per heavy atom. The van der Waals surface area contributed by atoms with Gasteiger partial charge < -0.3 is 4.74 Å². The molecule has 0 spiro atoms. The van der Waals surface area contributed by atoms with Crippen molar-refractivity contribution in [3.8, 4) is 5.75 Å². The molecular formula is C9H9ClO2. The third-order valence-electron chi connectivity index (χ3n) is 1.60. The lowest BCUT2D eigenvalue weighted by Gasteiger charge is -2.05. The minimum Gasteiger partial charge on any atom is -0.495 e. The van der Waals surface area contributed by atoms with Crippen molar-refractivity contribution >= 4 is 17.9 Å². The van der Waals surface area contributed by atoms with E-state index in [1.165, 1.54) is 7.11 Å². The number of carbonyl (C=O) groups is 1. The summed E-state index contributed by atoms with van der Waals surface area (Å²) in [5.74, 6) is 0.541. The van der Waals surface area contributed by atoms with Crippen molar-refractivity contribution in [2.45, 2.75) is 6.92 Å². The number of aldehydes is 1. The summed E-state index contributed by atoms with van der Waals surface area (Å²) in [6.45, 7) is 1.83. The Labute approximate surface area is 76.1 Å². The molecule has 0 aliphatic rings. The molecule has 0 unspecified atom stereocenters. The normalized spacial score (nSPS) is 9.58. The third-order valence-corrected chi connectivity index (χ3v) is 2.08. The number of aryl methyl sites for hydroxylation is 1. The van der Waals surface area contributed by atoms with Gasteiger partial charge in [-0.05, 0) is 24.6 Å². The van der Waals surface area contributed by atoms with Gasteiger partial charge in [-0.25, -0.2) is 0 Å². The Hall–Kier alpha value is -1.02. The maximum absolute atomic E-state index is 10.4. The molecule has 0 aromatic heterocycles. The van der Waals surface area contributed by atoms with Crippen molar-refractivity contribution in [2.24, 2.45) is 0 Å². The molecule has 0 saturated carbocycles. The van der Waals surface area contributed by atoms with E-state index in [2.05, 4.69) is 0 Å². The van der Waals surface area contributed by atoms with Crippen LogP contribution in [0.25, 0.3) is 0 Å². The maximum atomic E-state index is 10.4. The smallest absolute Gasteiger partial charge is 0.150 e. The highest BCUT2D eigenvalue weighted by Crippen LogP contribution is 2.28. The van der Waals surface area contributed by atoms with Crippen LogP contribution in [0.4, 0.5) is 0 Å². The number of ether oxygens (including phenoxy) is 1. The van der Waals surface area contributed by atoms with Gasteiger partial charge in [0.1, 0.15) is 12.0 Å². The predicted molar refractivity (Wildman–Crippen MR) is 48.1 cm³/mol. The first-order valence-electron chi connectivity index (χ1n) is 3.48. The Morgan fingerprint density at radius 3 is 2.67 bits per heavy atom. The highest BCUT2D eigenvalue weighted by atomic mass is 35.5. The van der Waals surface area contributed by atoms with E-state index in [1.807, 2.05) is 6.92 Å². The van der Waals surface area contributed by atoms with Crippen molar-refractivity contribution in [1.29, 1.82) is 0 Å². The average molecular weight is 185 g/mol. The van der Waals surface area contributed by atoms with Gasteiger partial charge in [0.2, 0.25) is 0 Å². The molecule has 0 aliphatic carbocycles. The monoisotopic (exact) mass is 184 g/mol. The quantitative estimate of drug-likeness (QED) is 0.660. The molecule has 0 fully saturated rings. The molecule has 0 radical (unpaired) electrons. The van der Waals surface area contributed by atoms with Gasteiger partial charge in [-0.15, -0.1) is 0 Å². The molecule has 0 aliphatic heterocycles. The number of halogens is 1. The van der Waals surface area contributed by atoms with Crippen LogP contribution in [0.1, 0.15) is 15.9 Å². The van der Waals surface area contributed by atoms with Crippen LogP contribution in [0.2, 0.25) is 5.02 Å². The van der Waals surface area contributed by atoms with E-state index in [0.29, 0.717) is 16.3 Å². The summed E-state index contributed by atoms with van der Waals surface area (Å²) in [6, 6.07) is 3.33. The first-order valence-corrected chi connectivity index (χ1v) is 3.86. The summed E-state index contributed by atoms with van der Waals surface area (Å²) < 4.78 is 4.98. The Morgan fingerprint density at radius 1 is 1.50 bits per heavy atom. The fourth-order valence-electron chi connectivity index (χ4n) is 0.981. The van der Waals surface area contributed by atoms with E-state index in [0.717, 1.165) is 11.8 Å². The van der Waals surface area contributed by atoms with E-state index in [1.54, 1.807) is 12.1 Å². The van der Waals surface area contributed by atoms with Crippen molar-refractivity contribution in [2.75, 3.05) is 7.11 Å². The van der Waals surface area contributed by atoms with E-state index in [9.17, 15) is 4.79 Å². The number of hydrogen-bond donors (Lipinski definition) is 0. The molecule has 12 heavy (non-hydrogen) atoms. The van der Waals surface area contributed by atoms with Crippen LogP contribution >= 0.6 is 11.6 Å². The lowest BCUT2D eigenvalue weighted by Crippen LogP contribution is -1.89. The number of hydrogen-bond acceptors (Lipinski definition) is 2. The average Bonchev–Trinajstić information content (AvgIpc) is 2.09. The summed E-state index contributed by atoms with van der Waals surface area (Å²) >= 11 is 5.88. The molecule has 1 aromatic rings. The molecule has 0 amide bonds. The van der Waals surface area contributed by atoms with Crippen molar-refractivity contribution in [3.63, 3.8) is 0 Å². The molecule has 2 nitrogen and oxygen atoms in total. The zero-order valence-corrected chi connectivity index (χ0v) is 7.68. The van der Waals surface area contributed by atoms with E-state index in [4.69, 9.17) is 16.3 Å². The number of carbonyl (C=O) groups excluding carboxylic acids is 1. The summed E-state index contributed by atoms with van der Waals surface area (Å²) in [6.07, 6.45) is 0.770. The fourth-order valence-corrected chi connectivity index (χ4v) is 1.17. The molecule has 0 saturated heterocycles. The first kappa shape index (κ1) is 9.07. The second-order valence-electron chi connectivity index (χ2n) is 2.47. The zero-order valence-electron chi connectivity index (χ0n) is 6.93. The van der Waals surface area contributed by atoms with E-state index >= 15 is 0 Å². The van der Waals surface area contributed by atoms with Crippen molar-refractivity contribution < 1.29 is 9.53 Å². The largest absolute Gasteiger partial charge is 0.495 e. The second kappa shape index (κ2) is 3.59. The Kier molecular flexibility index (Phi) is 2.71. The lowest BCUT2D eigenvalue weighted by atomic mass is 10.1. The van der Waals surface area contributed by atoms with Gasteiger partial charge in [-0.2, -0.15) is 0 Å². The first-order chi connectivity index (χ1) is 5.69. The van der Waals surface area contributed by atoms with Gasteiger partial charge in [0.15, 0.2) is 0 Å². The lowest BCUT2D eigenvalue weighted by molar-refractivity contribution is 0.112. The maximum Gasteiger partial charge on any atom is 0.150 e. The van der Waals surface area contributed by atoms with Crippen LogP contribution in [0.5, 0.6) is 5.75 Å². The minimum absolute atomic E-state index is 0.541. The summed E-state index contributed by atoms with van der Waals surface area (Å²) in [4.78, 5) is 10.4. The van der Waals surface area contributed by atoms with E-state index < -0.39 is 0 Å². The van der Waals surface area contributed by atoms with Gasteiger partial charge in [0.05, 0.1) is 12.1 Å². The zero-order chi connectivity index (χ0) is 9.14. The number of rotatable bonds is 2. The summed E-state index contributed by atoms with van der Waals surface area (Å²) in [5, 5.41) is 0.558. The van der Waals surface area contributed by atoms with Gasteiger partial charge in [-0.3, -0.25) is 4.79 Å². The number of methoxy groups -OCH3 is 1. The van der Waals surface area contributed by atoms with Gasteiger partial charge in [-0.1, -0.05) is 11.6 Å². The van der Waals surface area contributed by atoms with Gasteiger partial charge in [0, 0.05) is 5.56 Å². The fraction of sp³-hybridized carbons (Fsp3) is 0.222. The molecule has 1 rings (SSSR count). The van der Waals surface area contributed by atoms with Crippen LogP contribution in [0, 0.1) is 6.92 Å². The highest BCUT2D eigenvalue weighted by Gasteiger charge is 2.05. The summed E-state index contributed by atoms with van der Waals surface area (Å²) in [5.41, 5.74) is 1.42. The predicted octanol–water partition coefficient (Wildman–Crippen LogP) is 2.47. The third kappa shape index (κ3) is 1.59. The Balaban J connectivity index is 3.28. The molecule has 1 aromatic carbocycles. The molecule has 0 heterocycles. The topological polar surface area (TPSA) is 26.3 Å². The van der Waals surface area contributed by atoms with Gasteiger partial charge in [0.25, 0.3) is 0 Å². The second-order valence-corrected chi connectivity index (χ2v) is 2.85. The molecular weight excluding hydrogens is 176 g/mol. The standard InChI is InChI=1S/C9H9ClO2/c1-6-3-7(5-11)4-8(12-2)9(6)10/h3-5H,1-2H3. The van der Waals surface area contributed by atoms with Crippen LogP contribution < -0.4 is 4.74 Å². The van der Waals surface area contributed by atoms with Crippen LogP contribution in [-0.4, -0.2) is 13.4 Å². The van der Waals surface area contributed by atoms with Crippen LogP contribution in [-0.2, 0) is 0 Å². The molecule has 64 valence electrons. The highest BCUT2D eigenvalue weighted by molar-refractivity contribution is 6.32. The molecule has 0 bridgehead atoms. The molecule has 0 N–H and O–H groups in total. The van der Waals surface area contributed by atoms with Crippen LogP contribution in [0.3, 0.4) is 0 Å².